The summed E-state index contributed by atoms with van der Waals surface area (Å²) in [4.78, 5) is 2.68. The van der Waals surface area contributed by atoms with Gasteiger partial charge in [-0.3, -0.25) is 4.90 Å². The predicted octanol–water partition coefficient (Wildman–Crippen LogP) is 3.81. The molecule has 1 fully saturated rings. The van der Waals surface area contributed by atoms with Gasteiger partial charge < -0.3 is 5.32 Å². The molecule has 0 bridgehead atoms. The topological polar surface area (TPSA) is 15.3 Å². The molecular formula is C17H26N2. The van der Waals surface area contributed by atoms with E-state index in [4.69, 9.17) is 0 Å². The monoisotopic (exact) mass is 258 g/mol. The van der Waals surface area contributed by atoms with E-state index >= 15 is 0 Å². The van der Waals surface area contributed by atoms with Gasteiger partial charge in [0.25, 0.3) is 0 Å². The third-order valence-electron chi connectivity index (χ3n) is 4.76. The van der Waals surface area contributed by atoms with Gasteiger partial charge in [-0.25, -0.2) is 0 Å². The number of rotatable bonds is 4. The Labute approximate surface area is 117 Å². The van der Waals surface area contributed by atoms with Gasteiger partial charge in [0.05, 0.1) is 0 Å². The van der Waals surface area contributed by atoms with Crippen molar-refractivity contribution in [2.45, 2.75) is 58.0 Å². The van der Waals surface area contributed by atoms with Crippen LogP contribution in [0.5, 0.6) is 0 Å². The number of anilines is 1. The van der Waals surface area contributed by atoms with Crippen LogP contribution in [0, 0.1) is 0 Å². The molecule has 1 aliphatic carbocycles. The molecule has 3 rings (SSSR count). The Hall–Kier alpha value is -1.02. The first-order valence-electron chi connectivity index (χ1n) is 7.96. The van der Waals surface area contributed by atoms with Crippen LogP contribution >= 0.6 is 0 Å². The third-order valence-corrected chi connectivity index (χ3v) is 4.76. The van der Waals surface area contributed by atoms with E-state index in [-0.39, 0.29) is 0 Å². The number of benzene rings is 1. The van der Waals surface area contributed by atoms with Gasteiger partial charge in [-0.2, -0.15) is 0 Å². The summed E-state index contributed by atoms with van der Waals surface area (Å²) in [6.07, 6.45) is 8.29. The minimum atomic E-state index is 0.824. The van der Waals surface area contributed by atoms with Crippen molar-refractivity contribution in [2.75, 3.05) is 18.4 Å². The summed E-state index contributed by atoms with van der Waals surface area (Å²) < 4.78 is 0. The molecule has 0 unspecified atom stereocenters. The highest BCUT2D eigenvalue weighted by atomic mass is 15.1. The third kappa shape index (κ3) is 2.94. The largest absolute Gasteiger partial charge is 0.384 e. The molecule has 2 aliphatic rings. The number of nitrogens with zero attached hydrogens (tertiary/aromatic N) is 1. The van der Waals surface area contributed by atoms with Crippen molar-refractivity contribution in [3.8, 4) is 0 Å². The van der Waals surface area contributed by atoms with Gasteiger partial charge in [-0.15, -0.1) is 0 Å². The molecule has 1 aliphatic heterocycles. The zero-order chi connectivity index (χ0) is 13.1. The van der Waals surface area contributed by atoms with Crippen LogP contribution in [0.4, 0.5) is 5.69 Å². The average Bonchev–Trinajstić information content (AvgIpc) is 2.93. The lowest BCUT2D eigenvalue weighted by atomic mass is 9.93. The normalized spacial score (nSPS) is 19.5. The Morgan fingerprint density at radius 2 is 2.05 bits per heavy atom. The Morgan fingerprint density at radius 3 is 2.84 bits per heavy atom. The van der Waals surface area contributed by atoms with E-state index in [9.17, 15) is 0 Å². The van der Waals surface area contributed by atoms with Crippen molar-refractivity contribution < 1.29 is 0 Å². The van der Waals surface area contributed by atoms with Gasteiger partial charge in [0.15, 0.2) is 0 Å². The summed E-state index contributed by atoms with van der Waals surface area (Å²) >= 11 is 0. The zero-order valence-electron chi connectivity index (χ0n) is 12.1. The Morgan fingerprint density at radius 1 is 1.21 bits per heavy atom. The first-order chi connectivity index (χ1) is 9.36. The van der Waals surface area contributed by atoms with E-state index in [0.717, 1.165) is 19.1 Å². The van der Waals surface area contributed by atoms with E-state index in [0.29, 0.717) is 0 Å². The number of hydrogen-bond acceptors (Lipinski definition) is 2. The van der Waals surface area contributed by atoms with Crippen LogP contribution in [0.25, 0.3) is 0 Å². The summed E-state index contributed by atoms with van der Waals surface area (Å²) in [5.41, 5.74) is 4.36. The van der Waals surface area contributed by atoms with Crippen LogP contribution in [0.1, 0.15) is 50.2 Å². The number of hydrogen-bond donors (Lipinski definition) is 1. The SMILES string of the molecule is CCN(Cc1ccc2c(c1)CCN2)C1CCCCC1. The molecular weight excluding hydrogens is 232 g/mol. The number of fused-ring (bicyclic) bond motifs is 1. The van der Waals surface area contributed by atoms with Crippen molar-refractivity contribution in [2.24, 2.45) is 0 Å². The lowest BCUT2D eigenvalue weighted by Gasteiger charge is -2.33. The van der Waals surface area contributed by atoms with Crippen molar-refractivity contribution >= 4 is 5.69 Å². The molecule has 0 radical (unpaired) electrons. The van der Waals surface area contributed by atoms with E-state index in [1.807, 2.05) is 0 Å². The summed E-state index contributed by atoms with van der Waals surface area (Å²) in [7, 11) is 0. The molecule has 1 aromatic rings. The fraction of sp³-hybridized carbons (Fsp3) is 0.647. The maximum absolute atomic E-state index is 3.44. The molecule has 104 valence electrons. The second kappa shape index (κ2) is 5.96. The Bertz CT molecular complexity index is 421. The average molecular weight is 258 g/mol. The molecule has 0 saturated heterocycles. The maximum atomic E-state index is 3.44. The van der Waals surface area contributed by atoms with Gasteiger partial charge in [-0.05, 0) is 43.0 Å². The first kappa shape index (κ1) is 13.0. The van der Waals surface area contributed by atoms with Crippen LogP contribution in [0.2, 0.25) is 0 Å². The van der Waals surface area contributed by atoms with Crippen LogP contribution in [-0.4, -0.2) is 24.0 Å². The molecule has 2 nitrogen and oxygen atoms in total. The fourth-order valence-electron chi connectivity index (χ4n) is 3.64. The van der Waals surface area contributed by atoms with E-state index in [1.54, 1.807) is 0 Å². The smallest absolute Gasteiger partial charge is 0.0373 e. The van der Waals surface area contributed by atoms with E-state index in [1.165, 1.54) is 61.9 Å². The quantitative estimate of drug-likeness (QED) is 0.883. The minimum Gasteiger partial charge on any atom is -0.384 e. The molecule has 0 aromatic heterocycles. The highest BCUT2D eigenvalue weighted by molar-refractivity contribution is 5.56. The second-order valence-corrected chi connectivity index (χ2v) is 6.02. The maximum Gasteiger partial charge on any atom is 0.0373 e. The molecule has 1 saturated carbocycles. The molecule has 0 amide bonds. The Kier molecular flexibility index (Phi) is 4.07. The number of nitrogens with one attached hydrogen (secondary N) is 1. The van der Waals surface area contributed by atoms with Gasteiger partial charge in [0.1, 0.15) is 0 Å². The molecule has 1 aromatic carbocycles. The van der Waals surface area contributed by atoms with Gasteiger partial charge in [-0.1, -0.05) is 38.3 Å². The summed E-state index contributed by atoms with van der Waals surface area (Å²) in [6.45, 7) is 5.73. The van der Waals surface area contributed by atoms with Crippen molar-refractivity contribution in [1.29, 1.82) is 0 Å². The van der Waals surface area contributed by atoms with Crippen molar-refractivity contribution in [3.63, 3.8) is 0 Å². The van der Waals surface area contributed by atoms with Gasteiger partial charge in [0, 0.05) is 24.8 Å². The summed E-state index contributed by atoms with van der Waals surface area (Å²) in [5, 5.41) is 3.44. The van der Waals surface area contributed by atoms with E-state index in [2.05, 4.69) is 35.3 Å². The molecule has 0 spiro atoms. The van der Waals surface area contributed by atoms with Crippen LogP contribution in [0.15, 0.2) is 18.2 Å². The van der Waals surface area contributed by atoms with Gasteiger partial charge >= 0.3 is 0 Å². The zero-order valence-corrected chi connectivity index (χ0v) is 12.1. The Balaban J connectivity index is 1.68. The molecule has 19 heavy (non-hydrogen) atoms. The van der Waals surface area contributed by atoms with Crippen LogP contribution < -0.4 is 5.32 Å². The highest BCUT2D eigenvalue weighted by Gasteiger charge is 2.20. The summed E-state index contributed by atoms with van der Waals surface area (Å²) in [6, 6.07) is 7.82. The van der Waals surface area contributed by atoms with Crippen LogP contribution in [0.3, 0.4) is 0 Å². The molecule has 1 N–H and O–H groups in total. The first-order valence-corrected chi connectivity index (χ1v) is 7.96. The highest BCUT2D eigenvalue weighted by Crippen LogP contribution is 2.26. The second-order valence-electron chi connectivity index (χ2n) is 6.02. The van der Waals surface area contributed by atoms with Crippen LogP contribution in [-0.2, 0) is 13.0 Å². The molecule has 2 heteroatoms. The van der Waals surface area contributed by atoms with E-state index < -0.39 is 0 Å². The predicted molar refractivity (Wildman–Crippen MR) is 81.6 cm³/mol. The molecule has 1 heterocycles. The minimum absolute atomic E-state index is 0.824. The van der Waals surface area contributed by atoms with Gasteiger partial charge in [0.2, 0.25) is 0 Å². The van der Waals surface area contributed by atoms with Crippen molar-refractivity contribution in [3.05, 3.63) is 29.3 Å². The summed E-state index contributed by atoms with van der Waals surface area (Å²) in [5.74, 6) is 0. The lowest BCUT2D eigenvalue weighted by Crippen LogP contribution is -2.36. The standard InChI is InChI=1S/C17H26N2/c1-2-19(16-6-4-3-5-7-16)13-14-8-9-17-15(12-14)10-11-18-17/h8-9,12,16,18H,2-7,10-11,13H2,1H3. The lowest BCUT2D eigenvalue weighted by molar-refractivity contribution is 0.156. The molecule has 0 atom stereocenters. The fourth-order valence-corrected chi connectivity index (χ4v) is 3.64. The van der Waals surface area contributed by atoms with Crippen molar-refractivity contribution in [1.82, 2.24) is 4.90 Å².